The second kappa shape index (κ2) is 7.38. The number of carbonyl (C=O) groups excluding carboxylic acids is 4. The van der Waals surface area contributed by atoms with Gasteiger partial charge in [-0.3, -0.25) is 29.4 Å². The van der Waals surface area contributed by atoms with Crippen molar-refractivity contribution < 1.29 is 28.3 Å². The molecular weight excluding hydrogens is 431 g/mol. The van der Waals surface area contributed by atoms with Crippen LogP contribution < -0.4 is 21.1 Å². The highest BCUT2D eigenvalue weighted by Gasteiger charge is 2.70. The molecule has 2 fully saturated rings. The summed E-state index contributed by atoms with van der Waals surface area (Å²) in [5, 5.41) is 5.71. The predicted octanol–water partition coefficient (Wildman–Crippen LogP) is 0.630. The van der Waals surface area contributed by atoms with E-state index in [-0.39, 0.29) is 18.5 Å². The fraction of sp³-hybridized carbons (Fsp3) is 0.304. The zero-order valence-electron chi connectivity index (χ0n) is 17.6. The van der Waals surface area contributed by atoms with Crippen LogP contribution in [-0.4, -0.2) is 41.7 Å². The zero-order chi connectivity index (χ0) is 23.5. The van der Waals surface area contributed by atoms with Gasteiger partial charge in [-0.1, -0.05) is 12.1 Å². The maximum absolute atomic E-state index is 14.2. The van der Waals surface area contributed by atoms with Crippen molar-refractivity contribution in [3.63, 3.8) is 0 Å². The van der Waals surface area contributed by atoms with Crippen LogP contribution >= 0.6 is 0 Å². The first kappa shape index (κ1) is 21.1. The molecule has 2 unspecified atom stereocenters. The number of benzene rings is 2. The minimum Gasteiger partial charge on any atom is -0.497 e. The van der Waals surface area contributed by atoms with Crippen LogP contribution in [0.3, 0.4) is 0 Å². The number of likely N-dealkylation sites (tertiary alicyclic amines) is 1. The smallest absolute Gasteiger partial charge is 0.250 e. The second-order valence-electron chi connectivity index (χ2n) is 8.49. The van der Waals surface area contributed by atoms with E-state index < -0.39 is 52.9 Å². The number of hydrogen-bond acceptors (Lipinski definition) is 6. The second-order valence-corrected chi connectivity index (χ2v) is 8.49. The number of nitrogens with two attached hydrogens (primary N) is 1. The average molecular weight is 452 g/mol. The minimum atomic E-state index is -1.68. The van der Waals surface area contributed by atoms with Crippen LogP contribution in [0.5, 0.6) is 5.75 Å². The number of imide groups is 1. The summed E-state index contributed by atoms with van der Waals surface area (Å²) < 4.78 is 19.3. The maximum atomic E-state index is 14.2. The summed E-state index contributed by atoms with van der Waals surface area (Å²) >= 11 is 0. The standard InChI is InChI=1S/C23H21FN4O5/c1-33-13-5-2-11(3-6-13)10-28-20(30)18-16(9-17(25)29)27-23(19(18)21(28)31)14-8-12(24)4-7-15(14)26-22(23)32/h2-8,16,18-19,27H,9-10H2,1H3,(H2,25,29)(H,26,32)/t16?,18-,19+,23?/m1/s1. The molecule has 0 radical (unpaired) electrons. The number of ether oxygens (including phenoxy) is 1. The Bertz CT molecular complexity index is 1200. The molecule has 2 saturated heterocycles. The van der Waals surface area contributed by atoms with E-state index in [1.165, 1.54) is 25.3 Å². The van der Waals surface area contributed by atoms with Crippen molar-refractivity contribution in [2.45, 2.75) is 24.5 Å². The highest BCUT2D eigenvalue weighted by atomic mass is 19.1. The van der Waals surface area contributed by atoms with Gasteiger partial charge in [0.15, 0.2) is 0 Å². The number of rotatable bonds is 5. The number of methoxy groups -OCH3 is 1. The lowest BCUT2D eigenvalue weighted by Gasteiger charge is -2.29. The van der Waals surface area contributed by atoms with Gasteiger partial charge in [0, 0.05) is 23.7 Å². The molecule has 3 heterocycles. The molecule has 3 aliphatic rings. The Hall–Kier alpha value is -3.79. The van der Waals surface area contributed by atoms with Gasteiger partial charge in [0.25, 0.3) is 0 Å². The number of amides is 4. The summed E-state index contributed by atoms with van der Waals surface area (Å²) in [4.78, 5) is 53.1. The van der Waals surface area contributed by atoms with Gasteiger partial charge in [-0.05, 0) is 35.9 Å². The number of primary amides is 1. The molecule has 4 N–H and O–H groups in total. The van der Waals surface area contributed by atoms with Gasteiger partial charge < -0.3 is 15.8 Å². The van der Waals surface area contributed by atoms with Gasteiger partial charge in [0.2, 0.25) is 23.6 Å². The van der Waals surface area contributed by atoms with E-state index in [9.17, 15) is 23.6 Å². The summed E-state index contributed by atoms with van der Waals surface area (Å²) in [6.45, 7) is -0.00827. The van der Waals surface area contributed by atoms with E-state index in [0.29, 0.717) is 17.0 Å². The topological polar surface area (TPSA) is 131 Å². The molecule has 2 aromatic rings. The number of hydrogen-bond donors (Lipinski definition) is 3. The molecule has 2 aromatic carbocycles. The largest absolute Gasteiger partial charge is 0.497 e. The van der Waals surface area contributed by atoms with E-state index in [1.54, 1.807) is 24.3 Å². The van der Waals surface area contributed by atoms with Crippen LogP contribution in [0.4, 0.5) is 10.1 Å². The Morgan fingerprint density at radius 3 is 2.55 bits per heavy atom. The van der Waals surface area contributed by atoms with Gasteiger partial charge >= 0.3 is 0 Å². The maximum Gasteiger partial charge on any atom is 0.250 e. The Labute approximate surface area is 188 Å². The lowest BCUT2D eigenvalue weighted by atomic mass is 9.76. The molecule has 0 aliphatic carbocycles. The summed E-state index contributed by atoms with van der Waals surface area (Å²) in [6, 6.07) is 9.81. The van der Waals surface area contributed by atoms with Gasteiger partial charge in [-0.25, -0.2) is 4.39 Å². The Morgan fingerprint density at radius 2 is 1.88 bits per heavy atom. The van der Waals surface area contributed by atoms with E-state index in [2.05, 4.69) is 10.6 Å². The van der Waals surface area contributed by atoms with Gasteiger partial charge in [-0.15, -0.1) is 0 Å². The first-order chi connectivity index (χ1) is 15.8. The first-order valence-electron chi connectivity index (χ1n) is 10.4. The van der Waals surface area contributed by atoms with Gasteiger partial charge in [0.1, 0.15) is 17.1 Å². The van der Waals surface area contributed by atoms with E-state index in [1.807, 2.05) is 0 Å². The number of fused-ring (bicyclic) bond motifs is 4. The predicted molar refractivity (Wildman–Crippen MR) is 113 cm³/mol. The van der Waals surface area contributed by atoms with Gasteiger partial charge in [-0.2, -0.15) is 0 Å². The fourth-order valence-electron chi connectivity index (χ4n) is 5.29. The lowest BCUT2D eigenvalue weighted by molar-refractivity contribution is -0.143. The normalized spacial score (nSPS) is 27.6. The van der Waals surface area contributed by atoms with Crippen molar-refractivity contribution in [3.8, 4) is 5.75 Å². The fourth-order valence-corrected chi connectivity index (χ4v) is 5.29. The van der Waals surface area contributed by atoms with Crippen molar-refractivity contribution in [3.05, 3.63) is 59.4 Å². The van der Waals surface area contributed by atoms with Crippen LogP contribution in [0.25, 0.3) is 0 Å². The van der Waals surface area contributed by atoms with E-state index in [0.717, 1.165) is 4.90 Å². The summed E-state index contributed by atoms with van der Waals surface area (Å²) in [5.41, 5.74) is 5.00. The highest BCUT2D eigenvalue weighted by Crippen LogP contribution is 2.53. The number of nitrogens with one attached hydrogen (secondary N) is 2. The Balaban J connectivity index is 1.57. The third kappa shape index (κ3) is 3.01. The SMILES string of the molecule is COc1ccc(CN2C(=O)[C@@H]3C(CC(N)=O)NC4(C(=O)Nc5ccc(F)cc54)[C@@H]3C2=O)cc1. The molecule has 0 aromatic heterocycles. The molecule has 1 spiro atoms. The molecule has 9 nitrogen and oxygen atoms in total. The van der Waals surface area contributed by atoms with E-state index in [4.69, 9.17) is 10.5 Å². The number of halogens is 1. The molecule has 0 saturated carbocycles. The van der Waals surface area contributed by atoms with Crippen LogP contribution in [0, 0.1) is 17.7 Å². The number of nitrogens with zero attached hydrogens (tertiary/aromatic N) is 1. The summed E-state index contributed by atoms with van der Waals surface area (Å²) in [7, 11) is 1.53. The quantitative estimate of drug-likeness (QED) is 0.571. The molecule has 33 heavy (non-hydrogen) atoms. The summed E-state index contributed by atoms with van der Waals surface area (Å²) in [5.74, 6) is -4.43. The minimum absolute atomic E-state index is 0.00827. The van der Waals surface area contributed by atoms with Crippen molar-refractivity contribution in [2.75, 3.05) is 12.4 Å². The molecular formula is C23H21FN4O5. The van der Waals surface area contributed by atoms with Crippen molar-refractivity contribution in [1.29, 1.82) is 0 Å². The number of anilines is 1. The Morgan fingerprint density at radius 1 is 1.15 bits per heavy atom. The zero-order valence-corrected chi connectivity index (χ0v) is 17.6. The first-order valence-corrected chi connectivity index (χ1v) is 10.4. The third-order valence-corrected chi connectivity index (χ3v) is 6.69. The van der Waals surface area contributed by atoms with Crippen LogP contribution in [0.1, 0.15) is 17.5 Å². The third-order valence-electron chi connectivity index (χ3n) is 6.69. The molecule has 3 aliphatic heterocycles. The summed E-state index contributed by atoms with van der Waals surface area (Å²) in [6.07, 6.45) is -0.254. The highest BCUT2D eigenvalue weighted by molar-refractivity contribution is 6.15. The van der Waals surface area contributed by atoms with Crippen molar-refractivity contribution in [1.82, 2.24) is 10.2 Å². The number of carbonyl (C=O) groups is 4. The van der Waals surface area contributed by atoms with Crippen molar-refractivity contribution in [2.24, 2.45) is 17.6 Å². The monoisotopic (exact) mass is 452 g/mol. The Kier molecular flexibility index (Phi) is 4.71. The molecule has 10 heteroatoms. The lowest BCUT2D eigenvalue weighted by Crippen LogP contribution is -2.53. The molecule has 4 amide bonds. The van der Waals surface area contributed by atoms with Crippen LogP contribution in [-0.2, 0) is 31.3 Å². The molecule has 5 rings (SSSR count). The molecule has 170 valence electrons. The van der Waals surface area contributed by atoms with Gasteiger partial charge in [0.05, 0.1) is 25.5 Å². The van der Waals surface area contributed by atoms with Crippen molar-refractivity contribution >= 4 is 29.3 Å². The molecule has 0 bridgehead atoms. The van der Waals surface area contributed by atoms with Crippen LogP contribution in [0.15, 0.2) is 42.5 Å². The van der Waals surface area contributed by atoms with E-state index >= 15 is 0 Å². The molecule has 4 atom stereocenters. The average Bonchev–Trinajstić information content (AvgIpc) is 3.34. The van der Waals surface area contributed by atoms with Crippen LogP contribution in [0.2, 0.25) is 0 Å².